The van der Waals surface area contributed by atoms with Crippen LogP contribution in [0.2, 0.25) is 0 Å². The second kappa shape index (κ2) is 41.8. The lowest BCUT2D eigenvalue weighted by Crippen LogP contribution is -2.43. The van der Waals surface area contributed by atoms with Crippen LogP contribution in [0.1, 0.15) is 213 Å². The van der Waals surface area contributed by atoms with Gasteiger partial charge in [-0.1, -0.05) is 160 Å². The van der Waals surface area contributed by atoms with Gasteiger partial charge >= 0.3 is 6.09 Å². The van der Waals surface area contributed by atoms with Crippen LogP contribution in [0, 0.1) is 0 Å². The topological polar surface area (TPSA) is 60.0 Å². The predicted molar refractivity (Wildman–Crippen MR) is 229 cm³/mol. The molecule has 0 aromatic rings. The maximum atomic E-state index is 12.6. The van der Waals surface area contributed by atoms with Crippen molar-refractivity contribution in [2.45, 2.75) is 219 Å². The fourth-order valence-corrected chi connectivity index (χ4v) is 7.14. The Balaban J connectivity index is 2.11. The van der Waals surface area contributed by atoms with Gasteiger partial charge in [0.1, 0.15) is 6.61 Å². The third kappa shape index (κ3) is 37.3. The zero-order valence-corrected chi connectivity index (χ0v) is 35.5. The number of hydrogen-bond donors (Lipinski definition) is 1. The molecule has 0 radical (unpaired) electrons. The van der Waals surface area contributed by atoms with Gasteiger partial charge in [0.2, 0.25) is 0 Å². The van der Waals surface area contributed by atoms with Crippen LogP contribution < -0.4 is 5.32 Å². The number of allylic oxidation sites excluding steroid dienone is 4. The van der Waals surface area contributed by atoms with Crippen molar-refractivity contribution in [2.24, 2.45) is 0 Å². The lowest BCUT2D eigenvalue weighted by molar-refractivity contribution is 0.0479. The number of piperidine rings is 1. The molecule has 53 heavy (non-hydrogen) atoms. The molecule has 0 unspecified atom stereocenters. The maximum Gasteiger partial charge on any atom is 0.407 e. The third-order valence-electron chi connectivity index (χ3n) is 10.7. The zero-order valence-electron chi connectivity index (χ0n) is 35.5. The Hall–Kier alpha value is -1.37. The van der Waals surface area contributed by atoms with E-state index in [1.54, 1.807) is 0 Å². The molecule has 0 saturated carbocycles. The average Bonchev–Trinajstić information content (AvgIpc) is 3.17. The summed E-state index contributed by atoms with van der Waals surface area (Å²) in [5.41, 5.74) is 0. The number of amides is 1. The summed E-state index contributed by atoms with van der Waals surface area (Å²) in [7, 11) is 0. The number of rotatable bonds is 40. The molecule has 6 heteroatoms. The summed E-state index contributed by atoms with van der Waals surface area (Å²) in [5.74, 6) is 0. The first-order valence-electron chi connectivity index (χ1n) is 23.4. The number of unbranched alkanes of at least 4 members (excludes halogenated alkanes) is 24. The Labute approximate surface area is 330 Å². The highest BCUT2D eigenvalue weighted by molar-refractivity contribution is 5.67. The molecule has 1 aliphatic heterocycles. The largest absolute Gasteiger partial charge is 0.448 e. The van der Waals surface area contributed by atoms with Gasteiger partial charge in [-0.3, -0.25) is 4.90 Å². The van der Waals surface area contributed by atoms with E-state index in [1.807, 2.05) is 0 Å². The first kappa shape index (κ1) is 49.6. The first-order valence-corrected chi connectivity index (χ1v) is 23.4. The highest BCUT2D eigenvalue weighted by Crippen LogP contribution is 2.12. The molecule has 1 aliphatic rings. The Morgan fingerprint density at radius 1 is 0.509 bits per heavy atom. The van der Waals surface area contributed by atoms with Gasteiger partial charge in [0.05, 0.1) is 19.3 Å². The van der Waals surface area contributed by atoms with Crippen molar-refractivity contribution in [3.05, 3.63) is 24.3 Å². The Bertz CT molecular complexity index is 751. The van der Waals surface area contributed by atoms with Gasteiger partial charge in [0, 0.05) is 19.8 Å². The summed E-state index contributed by atoms with van der Waals surface area (Å²) in [6.45, 7) is 10.5. The maximum absolute atomic E-state index is 12.6. The molecular formula is C47H90N2O4. The minimum absolute atomic E-state index is 0.180. The summed E-state index contributed by atoms with van der Waals surface area (Å²) in [6.07, 6.45) is 49.6. The molecule has 0 aliphatic carbocycles. The number of nitrogens with one attached hydrogen (secondary N) is 1. The summed E-state index contributed by atoms with van der Waals surface area (Å²) in [5, 5.41) is 3.03. The second-order valence-electron chi connectivity index (χ2n) is 15.9. The fourth-order valence-electron chi connectivity index (χ4n) is 7.14. The van der Waals surface area contributed by atoms with Crippen LogP contribution in [0.25, 0.3) is 0 Å². The second-order valence-corrected chi connectivity index (χ2v) is 15.9. The van der Waals surface area contributed by atoms with Crippen LogP contribution in [0.3, 0.4) is 0 Å². The van der Waals surface area contributed by atoms with E-state index in [4.69, 9.17) is 14.2 Å². The standard InChI is InChI=1S/C47H90N2O4/c1-3-5-7-9-11-13-15-17-19-21-23-25-27-29-31-36-41-51-44-46(48-47(50)53-43-40-49-38-34-33-35-39-49)45-52-42-37-32-30-28-26-24-22-20-18-16-14-12-10-8-6-4-2/h17-20,46H,3-16,21-45H2,1-2H3,(H,48,50). The Kier molecular flexibility index (Phi) is 39.1. The third-order valence-corrected chi connectivity index (χ3v) is 10.7. The van der Waals surface area contributed by atoms with Crippen LogP contribution in [0.4, 0.5) is 4.79 Å². The number of alkyl carbamates (subject to hydrolysis) is 1. The summed E-state index contributed by atoms with van der Waals surface area (Å²) < 4.78 is 17.6. The minimum atomic E-state index is -0.353. The van der Waals surface area contributed by atoms with E-state index in [0.29, 0.717) is 19.8 Å². The van der Waals surface area contributed by atoms with E-state index >= 15 is 0 Å². The lowest BCUT2D eigenvalue weighted by Gasteiger charge is -2.26. The highest BCUT2D eigenvalue weighted by Gasteiger charge is 2.15. The van der Waals surface area contributed by atoms with Crippen molar-refractivity contribution in [3.63, 3.8) is 0 Å². The van der Waals surface area contributed by atoms with Gasteiger partial charge in [0.15, 0.2) is 0 Å². The van der Waals surface area contributed by atoms with Gasteiger partial charge in [-0.05, 0) is 90.1 Å². The number of hydrogen-bond acceptors (Lipinski definition) is 5. The fraction of sp³-hybridized carbons (Fsp3) is 0.894. The molecule has 0 spiro atoms. The summed E-state index contributed by atoms with van der Waals surface area (Å²) >= 11 is 0. The van der Waals surface area contributed by atoms with E-state index in [2.05, 4.69) is 48.4 Å². The molecule has 1 heterocycles. The van der Waals surface area contributed by atoms with E-state index < -0.39 is 0 Å². The number of carbonyl (C=O) groups excluding carboxylic acids is 1. The number of likely N-dealkylation sites (tertiary alicyclic amines) is 1. The molecule has 6 nitrogen and oxygen atoms in total. The predicted octanol–water partition coefficient (Wildman–Crippen LogP) is 13.7. The van der Waals surface area contributed by atoms with Crippen LogP contribution >= 0.6 is 0 Å². The number of ether oxygens (including phenoxy) is 3. The SMILES string of the molecule is CCCCCCCCC=CCCCCCCCCOCC(COCCCCCCCCC=CCCCCCCCC)NC(=O)OCCN1CCCCC1. The molecule has 1 N–H and O–H groups in total. The quantitative estimate of drug-likeness (QED) is 0.0500. The average molecular weight is 747 g/mol. The Morgan fingerprint density at radius 2 is 0.887 bits per heavy atom. The van der Waals surface area contributed by atoms with Crippen LogP contribution in [-0.4, -0.2) is 69.7 Å². The lowest BCUT2D eigenvalue weighted by atomic mass is 10.1. The van der Waals surface area contributed by atoms with E-state index in [9.17, 15) is 4.79 Å². The van der Waals surface area contributed by atoms with Crippen LogP contribution in [0.15, 0.2) is 24.3 Å². The molecule has 1 rings (SSSR count). The smallest absolute Gasteiger partial charge is 0.407 e. The molecule has 0 aromatic carbocycles. The van der Waals surface area contributed by atoms with E-state index in [1.165, 1.54) is 186 Å². The first-order chi connectivity index (χ1) is 26.3. The normalized spacial score (nSPS) is 14.5. The number of nitrogens with zero attached hydrogens (tertiary/aromatic N) is 1. The minimum Gasteiger partial charge on any atom is -0.448 e. The Morgan fingerprint density at radius 3 is 1.30 bits per heavy atom. The van der Waals surface area contributed by atoms with Crippen molar-refractivity contribution in [1.29, 1.82) is 0 Å². The van der Waals surface area contributed by atoms with Gasteiger partial charge < -0.3 is 19.5 Å². The van der Waals surface area contributed by atoms with Crippen LogP contribution in [-0.2, 0) is 14.2 Å². The molecule has 1 amide bonds. The molecule has 0 bridgehead atoms. The molecule has 0 aromatic heterocycles. The van der Waals surface area contributed by atoms with Gasteiger partial charge in [-0.25, -0.2) is 4.79 Å². The van der Waals surface area contributed by atoms with Crippen molar-refractivity contribution in [2.75, 3.05) is 52.7 Å². The van der Waals surface area contributed by atoms with Crippen LogP contribution in [0.5, 0.6) is 0 Å². The molecule has 312 valence electrons. The van der Waals surface area contributed by atoms with Crippen molar-refractivity contribution in [1.82, 2.24) is 10.2 Å². The van der Waals surface area contributed by atoms with Gasteiger partial charge in [-0.2, -0.15) is 0 Å². The van der Waals surface area contributed by atoms with E-state index in [0.717, 1.165) is 45.7 Å². The van der Waals surface area contributed by atoms with E-state index in [-0.39, 0.29) is 12.1 Å². The molecular weight excluding hydrogens is 657 g/mol. The van der Waals surface area contributed by atoms with Crippen molar-refractivity contribution in [3.8, 4) is 0 Å². The monoisotopic (exact) mass is 747 g/mol. The number of carbonyl (C=O) groups is 1. The van der Waals surface area contributed by atoms with Gasteiger partial charge in [0.25, 0.3) is 0 Å². The van der Waals surface area contributed by atoms with Crippen molar-refractivity contribution >= 4 is 6.09 Å². The highest BCUT2D eigenvalue weighted by atomic mass is 16.6. The summed E-state index contributed by atoms with van der Waals surface area (Å²) in [4.78, 5) is 15.0. The van der Waals surface area contributed by atoms with Crippen molar-refractivity contribution < 1.29 is 19.0 Å². The summed E-state index contributed by atoms with van der Waals surface area (Å²) in [6, 6.07) is -0.180. The molecule has 1 saturated heterocycles. The zero-order chi connectivity index (χ0) is 38.0. The van der Waals surface area contributed by atoms with Gasteiger partial charge in [-0.15, -0.1) is 0 Å². The molecule has 0 atom stereocenters. The molecule has 1 fully saturated rings.